The molecule has 0 bridgehead atoms. The van der Waals surface area contributed by atoms with Gasteiger partial charge in [0.15, 0.2) is 6.29 Å². The third-order valence-electron chi connectivity index (χ3n) is 2.39. The lowest BCUT2D eigenvalue weighted by Gasteiger charge is -2.14. The van der Waals surface area contributed by atoms with Crippen LogP contribution in [0.1, 0.15) is 11.1 Å². The maximum atomic E-state index is 5.54. The highest BCUT2D eigenvalue weighted by Crippen LogP contribution is 2.16. The molecule has 0 saturated carbocycles. The summed E-state index contributed by atoms with van der Waals surface area (Å²) in [5, 5.41) is 0. The van der Waals surface area contributed by atoms with Gasteiger partial charge in [0.2, 0.25) is 0 Å². The molecule has 0 heterocycles. The second-order valence-electron chi connectivity index (χ2n) is 3.46. The van der Waals surface area contributed by atoms with Gasteiger partial charge < -0.3 is 14.2 Å². The average molecular weight is 210 g/mol. The lowest BCUT2D eigenvalue weighted by molar-refractivity contribution is -0.121. The summed E-state index contributed by atoms with van der Waals surface area (Å²) in [6.45, 7) is 4.54. The molecule has 1 aromatic carbocycles. The lowest BCUT2D eigenvalue weighted by Crippen LogP contribution is -2.22. The topological polar surface area (TPSA) is 27.7 Å². The van der Waals surface area contributed by atoms with Crippen LogP contribution >= 0.6 is 0 Å². The van der Waals surface area contributed by atoms with E-state index < -0.39 is 0 Å². The molecule has 0 N–H and O–H groups in total. The molecule has 0 aliphatic carbocycles. The molecule has 84 valence electrons. The fourth-order valence-electron chi connectivity index (χ4n) is 1.20. The van der Waals surface area contributed by atoms with Gasteiger partial charge in [-0.3, -0.25) is 0 Å². The van der Waals surface area contributed by atoms with Crippen molar-refractivity contribution in [1.29, 1.82) is 0 Å². The smallest absolute Gasteiger partial charge is 0.191 e. The third kappa shape index (κ3) is 3.53. The molecule has 0 fully saturated rings. The van der Waals surface area contributed by atoms with Gasteiger partial charge in [-0.05, 0) is 37.1 Å². The molecule has 3 heteroatoms. The van der Waals surface area contributed by atoms with Crippen LogP contribution in [0.25, 0.3) is 0 Å². The van der Waals surface area contributed by atoms with Crippen LogP contribution in [0.2, 0.25) is 0 Å². The van der Waals surface area contributed by atoms with E-state index in [4.69, 9.17) is 14.2 Å². The van der Waals surface area contributed by atoms with Crippen LogP contribution in [0.4, 0.5) is 0 Å². The SMILES string of the molecule is COC(COc1ccc(C)c(C)c1)OC. The van der Waals surface area contributed by atoms with Gasteiger partial charge in [-0.15, -0.1) is 0 Å². The number of hydrogen-bond acceptors (Lipinski definition) is 3. The average Bonchev–Trinajstić information content (AvgIpc) is 2.24. The largest absolute Gasteiger partial charge is 0.488 e. The minimum atomic E-state index is -0.313. The van der Waals surface area contributed by atoms with Gasteiger partial charge in [-0.2, -0.15) is 0 Å². The Morgan fingerprint density at radius 1 is 1.07 bits per heavy atom. The van der Waals surface area contributed by atoms with Crippen molar-refractivity contribution in [3.8, 4) is 5.75 Å². The Hall–Kier alpha value is -1.06. The first-order valence-electron chi connectivity index (χ1n) is 4.93. The van der Waals surface area contributed by atoms with Crippen LogP contribution in [0.3, 0.4) is 0 Å². The molecule has 0 aromatic heterocycles. The first kappa shape index (κ1) is 12.0. The maximum absolute atomic E-state index is 5.54. The molecule has 15 heavy (non-hydrogen) atoms. The second kappa shape index (κ2) is 5.73. The Bertz CT molecular complexity index is 306. The number of hydrogen-bond donors (Lipinski definition) is 0. The van der Waals surface area contributed by atoms with Crippen LogP contribution in [-0.2, 0) is 9.47 Å². The number of methoxy groups -OCH3 is 2. The molecule has 0 unspecified atom stereocenters. The van der Waals surface area contributed by atoms with Crippen molar-refractivity contribution < 1.29 is 14.2 Å². The Morgan fingerprint density at radius 3 is 2.27 bits per heavy atom. The van der Waals surface area contributed by atoms with E-state index in [2.05, 4.69) is 13.8 Å². The van der Waals surface area contributed by atoms with Crippen molar-refractivity contribution in [1.82, 2.24) is 0 Å². The van der Waals surface area contributed by atoms with E-state index in [1.807, 2.05) is 18.2 Å². The predicted molar refractivity (Wildman–Crippen MR) is 59.2 cm³/mol. The van der Waals surface area contributed by atoms with E-state index in [9.17, 15) is 0 Å². The summed E-state index contributed by atoms with van der Waals surface area (Å²) in [7, 11) is 3.19. The monoisotopic (exact) mass is 210 g/mol. The molecule has 0 radical (unpaired) electrons. The summed E-state index contributed by atoms with van der Waals surface area (Å²) in [5.41, 5.74) is 2.48. The first-order chi connectivity index (χ1) is 7.17. The van der Waals surface area contributed by atoms with Crippen molar-refractivity contribution >= 4 is 0 Å². The zero-order valence-electron chi connectivity index (χ0n) is 9.74. The standard InChI is InChI=1S/C12H18O3/c1-9-5-6-11(7-10(9)2)15-8-12(13-3)14-4/h5-7,12H,8H2,1-4H3. The Balaban J connectivity index is 2.54. The summed E-state index contributed by atoms with van der Waals surface area (Å²) in [6, 6.07) is 6.00. The molecular formula is C12H18O3. The van der Waals surface area contributed by atoms with Crippen molar-refractivity contribution in [3.63, 3.8) is 0 Å². The highest BCUT2D eigenvalue weighted by molar-refractivity contribution is 5.33. The minimum absolute atomic E-state index is 0.313. The van der Waals surface area contributed by atoms with Crippen molar-refractivity contribution in [2.24, 2.45) is 0 Å². The number of benzene rings is 1. The van der Waals surface area contributed by atoms with E-state index in [0.717, 1.165) is 5.75 Å². The zero-order valence-corrected chi connectivity index (χ0v) is 9.74. The molecule has 1 rings (SSSR count). The molecule has 0 atom stereocenters. The number of rotatable bonds is 5. The normalized spacial score (nSPS) is 10.7. The predicted octanol–water partition coefficient (Wildman–Crippen LogP) is 2.30. The molecule has 0 spiro atoms. The molecule has 0 saturated heterocycles. The molecule has 0 aliphatic rings. The van der Waals surface area contributed by atoms with Gasteiger partial charge >= 0.3 is 0 Å². The van der Waals surface area contributed by atoms with Gasteiger partial charge in [0.25, 0.3) is 0 Å². The minimum Gasteiger partial charge on any atom is -0.488 e. The van der Waals surface area contributed by atoms with E-state index >= 15 is 0 Å². The Labute approximate surface area is 91.0 Å². The van der Waals surface area contributed by atoms with E-state index in [0.29, 0.717) is 6.61 Å². The first-order valence-corrected chi connectivity index (χ1v) is 4.93. The number of ether oxygens (including phenoxy) is 3. The van der Waals surface area contributed by atoms with E-state index in [1.165, 1.54) is 11.1 Å². The Morgan fingerprint density at radius 2 is 1.73 bits per heavy atom. The second-order valence-corrected chi connectivity index (χ2v) is 3.46. The summed E-state index contributed by atoms with van der Waals surface area (Å²) >= 11 is 0. The number of aryl methyl sites for hydroxylation is 2. The van der Waals surface area contributed by atoms with E-state index in [1.54, 1.807) is 14.2 Å². The summed E-state index contributed by atoms with van der Waals surface area (Å²) in [5.74, 6) is 0.845. The maximum Gasteiger partial charge on any atom is 0.191 e. The van der Waals surface area contributed by atoms with Crippen molar-refractivity contribution in [3.05, 3.63) is 29.3 Å². The molecule has 3 nitrogen and oxygen atoms in total. The third-order valence-corrected chi connectivity index (χ3v) is 2.39. The van der Waals surface area contributed by atoms with Gasteiger partial charge in [-0.25, -0.2) is 0 Å². The molecule has 0 amide bonds. The van der Waals surface area contributed by atoms with Crippen LogP contribution in [0, 0.1) is 13.8 Å². The van der Waals surface area contributed by atoms with E-state index in [-0.39, 0.29) is 6.29 Å². The molecular weight excluding hydrogens is 192 g/mol. The highest BCUT2D eigenvalue weighted by atomic mass is 16.7. The molecule has 1 aromatic rings. The quantitative estimate of drug-likeness (QED) is 0.698. The lowest BCUT2D eigenvalue weighted by atomic mass is 10.1. The van der Waals surface area contributed by atoms with Gasteiger partial charge in [-0.1, -0.05) is 6.07 Å². The Kier molecular flexibility index (Phi) is 4.59. The summed E-state index contributed by atoms with van der Waals surface area (Å²) in [6.07, 6.45) is -0.313. The van der Waals surface area contributed by atoms with Crippen molar-refractivity contribution in [2.45, 2.75) is 20.1 Å². The highest BCUT2D eigenvalue weighted by Gasteiger charge is 2.06. The van der Waals surface area contributed by atoms with Crippen LogP contribution in [-0.4, -0.2) is 27.1 Å². The van der Waals surface area contributed by atoms with Gasteiger partial charge in [0.1, 0.15) is 12.4 Å². The fraction of sp³-hybridized carbons (Fsp3) is 0.500. The van der Waals surface area contributed by atoms with Crippen molar-refractivity contribution in [2.75, 3.05) is 20.8 Å². The van der Waals surface area contributed by atoms with Gasteiger partial charge in [0, 0.05) is 14.2 Å². The zero-order chi connectivity index (χ0) is 11.3. The summed E-state index contributed by atoms with van der Waals surface area (Å²) in [4.78, 5) is 0. The van der Waals surface area contributed by atoms with Crippen LogP contribution in [0.5, 0.6) is 5.75 Å². The van der Waals surface area contributed by atoms with Gasteiger partial charge in [0.05, 0.1) is 0 Å². The molecule has 0 aliphatic heterocycles. The van der Waals surface area contributed by atoms with Crippen LogP contribution in [0.15, 0.2) is 18.2 Å². The summed E-state index contributed by atoms with van der Waals surface area (Å²) < 4.78 is 15.6. The fourth-order valence-corrected chi connectivity index (χ4v) is 1.20. The van der Waals surface area contributed by atoms with Crippen LogP contribution < -0.4 is 4.74 Å².